The maximum Gasteiger partial charge on any atom is 0.112 e. The van der Waals surface area contributed by atoms with Crippen LogP contribution in [0.3, 0.4) is 0 Å². The largest absolute Gasteiger partial charge is 0.335 e. The molecule has 0 fully saturated rings. The number of hydrogen-bond donors (Lipinski definition) is 0. The molecule has 0 aliphatic rings. The monoisotopic (exact) mass is 655 g/mol. The van der Waals surface area contributed by atoms with Gasteiger partial charge in [0.05, 0.1) is 0 Å². The molecule has 2 nitrogen and oxygen atoms in total. The smallest absolute Gasteiger partial charge is 0.112 e. The standard InChI is InChI=1S/C46H74N2/c1-4-6-8-10-12-14-15-16-17-18-19-20-21-23-31-37-44(45-47-38-40-48(45)39-32-24-22-13-11-9-7-5-2)46(3,43-35-29-26-30-36-43)41-42-33-27-25-28-34-42/h25-30,33-36,38,40,44H,4-24,31-32,37,39,41H2,1-3H3. The van der Waals surface area contributed by atoms with Gasteiger partial charge in [-0.15, -0.1) is 0 Å². The van der Waals surface area contributed by atoms with Crippen molar-refractivity contribution in [1.82, 2.24) is 9.55 Å². The van der Waals surface area contributed by atoms with Gasteiger partial charge in [-0.1, -0.05) is 223 Å². The number of rotatable bonds is 30. The average molecular weight is 655 g/mol. The Bertz CT molecular complexity index is 1140. The molecule has 3 rings (SSSR count). The molecular formula is C46H74N2. The minimum absolute atomic E-state index is 0.0268. The molecule has 0 saturated heterocycles. The van der Waals surface area contributed by atoms with Crippen molar-refractivity contribution >= 4 is 0 Å². The topological polar surface area (TPSA) is 17.8 Å². The van der Waals surface area contributed by atoms with Crippen LogP contribution in [-0.4, -0.2) is 9.55 Å². The van der Waals surface area contributed by atoms with E-state index in [0.717, 1.165) is 13.0 Å². The highest BCUT2D eigenvalue weighted by molar-refractivity contribution is 5.33. The maximum absolute atomic E-state index is 5.15. The molecule has 2 unspecified atom stereocenters. The van der Waals surface area contributed by atoms with E-state index in [1.165, 1.54) is 171 Å². The van der Waals surface area contributed by atoms with Crippen molar-refractivity contribution in [2.45, 2.75) is 199 Å². The van der Waals surface area contributed by atoms with Gasteiger partial charge in [-0.3, -0.25) is 0 Å². The van der Waals surface area contributed by atoms with E-state index in [-0.39, 0.29) is 5.41 Å². The first kappa shape index (κ1) is 40.1. The summed E-state index contributed by atoms with van der Waals surface area (Å²) >= 11 is 0. The summed E-state index contributed by atoms with van der Waals surface area (Å²) in [5, 5.41) is 0. The van der Waals surface area contributed by atoms with Crippen LogP contribution in [-0.2, 0) is 18.4 Å². The Balaban J connectivity index is 1.57. The number of nitrogens with zero attached hydrogens (tertiary/aromatic N) is 2. The van der Waals surface area contributed by atoms with Gasteiger partial charge >= 0.3 is 0 Å². The van der Waals surface area contributed by atoms with Crippen LogP contribution < -0.4 is 0 Å². The van der Waals surface area contributed by atoms with Crippen molar-refractivity contribution in [3.8, 4) is 0 Å². The molecule has 48 heavy (non-hydrogen) atoms. The Hall–Kier alpha value is -2.35. The van der Waals surface area contributed by atoms with Gasteiger partial charge in [0.1, 0.15) is 5.82 Å². The van der Waals surface area contributed by atoms with Crippen molar-refractivity contribution in [2.24, 2.45) is 0 Å². The molecule has 2 atom stereocenters. The second kappa shape index (κ2) is 25.6. The van der Waals surface area contributed by atoms with Crippen LogP contribution in [0.1, 0.15) is 198 Å². The molecule has 0 aliphatic carbocycles. The molecule has 2 heteroatoms. The second-order valence-electron chi connectivity index (χ2n) is 15.2. The molecular weight excluding hydrogens is 581 g/mol. The Morgan fingerprint density at radius 2 is 0.979 bits per heavy atom. The molecule has 0 spiro atoms. The van der Waals surface area contributed by atoms with E-state index in [0.29, 0.717) is 5.92 Å². The van der Waals surface area contributed by atoms with E-state index < -0.39 is 0 Å². The maximum atomic E-state index is 5.15. The highest BCUT2D eigenvalue weighted by atomic mass is 15.1. The molecule has 0 amide bonds. The summed E-state index contributed by atoms with van der Waals surface area (Å²) in [5.74, 6) is 1.69. The number of hydrogen-bond acceptors (Lipinski definition) is 1. The number of unbranched alkanes of at least 4 members (excludes halogenated alkanes) is 21. The quantitative estimate of drug-likeness (QED) is 0.0654. The van der Waals surface area contributed by atoms with Crippen molar-refractivity contribution in [2.75, 3.05) is 0 Å². The number of benzene rings is 2. The second-order valence-corrected chi connectivity index (χ2v) is 15.2. The minimum Gasteiger partial charge on any atom is -0.335 e. The van der Waals surface area contributed by atoms with Crippen LogP contribution in [0.25, 0.3) is 0 Å². The van der Waals surface area contributed by atoms with E-state index in [2.05, 4.69) is 98.4 Å². The average Bonchev–Trinajstić information content (AvgIpc) is 3.58. The molecule has 2 aromatic carbocycles. The minimum atomic E-state index is -0.0268. The normalized spacial score (nSPS) is 13.5. The molecule has 1 aromatic heterocycles. The van der Waals surface area contributed by atoms with Crippen LogP contribution in [0.2, 0.25) is 0 Å². The van der Waals surface area contributed by atoms with Gasteiger partial charge in [0, 0.05) is 30.3 Å². The van der Waals surface area contributed by atoms with Gasteiger partial charge in [0.15, 0.2) is 0 Å². The van der Waals surface area contributed by atoms with Gasteiger partial charge in [0.25, 0.3) is 0 Å². The van der Waals surface area contributed by atoms with Crippen LogP contribution in [0.15, 0.2) is 73.1 Å². The number of aryl methyl sites for hydroxylation is 1. The van der Waals surface area contributed by atoms with E-state index in [9.17, 15) is 0 Å². The lowest BCUT2D eigenvalue weighted by Crippen LogP contribution is -2.35. The molecule has 0 saturated carbocycles. The fourth-order valence-electron chi connectivity index (χ4n) is 7.95. The van der Waals surface area contributed by atoms with E-state index in [1.54, 1.807) is 0 Å². The highest BCUT2D eigenvalue weighted by Gasteiger charge is 2.39. The molecule has 0 bridgehead atoms. The lowest BCUT2D eigenvalue weighted by molar-refractivity contribution is 0.321. The van der Waals surface area contributed by atoms with Crippen LogP contribution in [0, 0.1) is 0 Å². The van der Waals surface area contributed by atoms with Gasteiger partial charge in [-0.2, -0.15) is 0 Å². The first-order valence-corrected chi connectivity index (χ1v) is 20.8. The van der Waals surface area contributed by atoms with Crippen molar-refractivity contribution in [1.29, 1.82) is 0 Å². The Morgan fingerprint density at radius 3 is 1.48 bits per heavy atom. The molecule has 0 N–H and O–H groups in total. The molecule has 0 radical (unpaired) electrons. The predicted octanol–water partition coefficient (Wildman–Crippen LogP) is 14.6. The third-order valence-electron chi connectivity index (χ3n) is 11.0. The Kier molecular flexibility index (Phi) is 21.4. The first-order valence-electron chi connectivity index (χ1n) is 20.8. The number of aromatic nitrogens is 2. The Morgan fingerprint density at radius 1 is 0.542 bits per heavy atom. The third-order valence-corrected chi connectivity index (χ3v) is 11.0. The summed E-state index contributed by atoms with van der Waals surface area (Å²) < 4.78 is 2.53. The van der Waals surface area contributed by atoms with Gasteiger partial charge in [-0.05, 0) is 30.4 Å². The van der Waals surface area contributed by atoms with Crippen LogP contribution in [0.5, 0.6) is 0 Å². The van der Waals surface area contributed by atoms with Crippen molar-refractivity contribution in [3.05, 3.63) is 90.0 Å². The van der Waals surface area contributed by atoms with Crippen LogP contribution >= 0.6 is 0 Å². The van der Waals surface area contributed by atoms with Gasteiger partial charge < -0.3 is 4.57 Å². The van der Waals surface area contributed by atoms with E-state index in [1.807, 2.05) is 0 Å². The van der Waals surface area contributed by atoms with Crippen molar-refractivity contribution < 1.29 is 0 Å². The lowest BCUT2D eigenvalue weighted by atomic mass is 9.66. The summed E-state index contributed by atoms with van der Waals surface area (Å²) in [4.78, 5) is 5.15. The number of imidazole rings is 1. The van der Waals surface area contributed by atoms with E-state index in [4.69, 9.17) is 4.98 Å². The lowest BCUT2D eigenvalue weighted by Gasteiger charge is -2.39. The third kappa shape index (κ3) is 15.5. The summed E-state index contributed by atoms with van der Waals surface area (Å²) in [5.41, 5.74) is 2.84. The molecule has 0 aliphatic heterocycles. The summed E-state index contributed by atoms with van der Waals surface area (Å²) in [6.07, 6.45) is 38.6. The summed E-state index contributed by atoms with van der Waals surface area (Å²) in [6, 6.07) is 22.6. The molecule has 268 valence electrons. The zero-order chi connectivity index (χ0) is 34.0. The zero-order valence-electron chi connectivity index (χ0n) is 31.8. The summed E-state index contributed by atoms with van der Waals surface area (Å²) in [7, 11) is 0. The van der Waals surface area contributed by atoms with Crippen molar-refractivity contribution in [3.63, 3.8) is 0 Å². The first-order chi connectivity index (χ1) is 23.7. The SMILES string of the molecule is CCCCCCCCCCCCCCCCCC(c1nccn1CCCCCCCCCC)C(C)(Cc1ccccc1)c1ccccc1. The fourth-order valence-corrected chi connectivity index (χ4v) is 7.95. The van der Waals surface area contributed by atoms with Crippen LogP contribution in [0.4, 0.5) is 0 Å². The fraction of sp³-hybridized carbons (Fsp3) is 0.674. The van der Waals surface area contributed by atoms with Gasteiger partial charge in [0.2, 0.25) is 0 Å². The highest BCUT2D eigenvalue weighted by Crippen LogP contribution is 2.44. The Labute approximate surface area is 297 Å². The predicted molar refractivity (Wildman–Crippen MR) is 211 cm³/mol. The van der Waals surface area contributed by atoms with Gasteiger partial charge in [-0.25, -0.2) is 4.98 Å². The zero-order valence-corrected chi connectivity index (χ0v) is 31.8. The molecule has 3 aromatic rings. The molecule has 1 heterocycles. The summed E-state index contributed by atoms with van der Waals surface area (Å²) in [6.45, 7) is 8.23. The van der Waals surface area contributed by atoms with E-state index >= 15 is 0 Å².